The Morgan fingerprint density at radius 1 is 1.60 bits per heavy atom. The van der Waals surface area contributed by atoms with Crippen molar-refractivity contribution < 1.29 is 5.11 Å². The third-order valence-electron chi connectivity index (χ3n) is 2.65. The molecule has 2 nitrogen and oxygen atoms in total. The molecule has 1 unspecified atom stereocenters. The fourth-order valence-electron chi connectivity index (χ4n) is 1.16. The minimum Gasteiger partial charge on any atom is -0.395 e. The second-order valence-corrected chi connectivity index (χ2v) is 3.55. The highest BCUT2D eigenvalue weighted by Gasteiger charge is 2.41. The first-order chi connectivity index (χ1) is 4.69. The molecule has 0 spiro atoms. The normalized spacial score (nSPS) is 24.3. The van der Waals surface area contributed by atoms with Crippen LogP contribution >= 0.6 is 0 Å². The summed E-state index contributed by atoms with van der Waals surface area (Å²) in [5.74, 6) is 0. The first-order valence-corrected chi connectivity index (χ1v) is 4.03. The molecule has 0 aromatic rings. The number of aliphatic hydroxyl groups excluding tert-OH is 1. The summed E-state index contributed by atoms with van der Waals surface area (Å²) in [6.45, 7) is 5.47. The van der Waals surface area contributed by atoms with E-state index in [4.69, 9.17) is 5.11 Å². The zero-order valence-electron chi connectivity index (χ0n) is 6.85. The third-order valence-corrected chi connectivity index (χ3v) is 2.65. The average molecular weight is 143 g/mol. The van der Waals surface area contributed by atoms with Gasteiger partial charge >= 0.3 is 0 Å². The van der Waals surface area contributed by atoms with E-state index in [0.717, 1.165) is 6.54 Å². The molecule has 0 amide bonds. The van der Waals surface area contributed by atoms with Gasteiger partial charge in [0.15, 0.2) is 0 Å². The van der Waals surface area contributed by atoms with Crippen molar-refractivity contribution in [2.24, 2.45) is 5.41 Å². The summed E-state index contributed by atoms with van der Waals surface area (Å²) >= 11 is 0. The molecule has 60 valence electrons. The monoisotopic (exact) mass is 143 g/mol. The highest BCUT2D eigenvalue weighted by atomic mass is 16.3. The van der Waals surface area contributed by atoms with Gasteiger partial charge in [-0.05, 0) is 25.2 Å². The van der Waals surface area contributed by atoms with Gasteiger partial charge in [0.1, 0.15) is 0 Å². The van der Waals surface area contributed by atoms with E-state index in [1.165, 1.54) is 12.8 Å². The van der Waals surface area contributed by atoms with Crippen LogP contribution in [0.25, 0.3) is 0 Å². The highest BCUT2D eigenvalue weighted by Crippen LogP contribution is 2.47. The lowest BCUT2D eigenvalue weighted by Crippen LogP contribution is -2.35. The van der Waals surface area contributed by atoms with E-state index < -0.39 is 0 Å². The maximum atomic E-state index is 8.54. The number of hydrogen-bond donors (Lipinski definition) is 2. The van der Waals surface area contributed by atoms with Gasteiger partial charge in [-0.1, -0.05) is 6.92 Å². The van der Waals surface area contributed by atoms with E-state index in [0.29, 0.717) is 11.5 Å². The van der Waals surface area contributed by atoms with Gasteiger partial charge in [-0.15, -0.1) is 0 Å². The van der Waals surface area contributed by atoms with Crippen molar-refractivity contribution in [2.45, 2.75) is 32.7 Å². The van der Waals surface area contributed by atoms with Crippen LogP contribution in [-0.2, 0) is 0 Å². The number of aliphatic hydroxyl groups is 1. The molecule has 1 aliphatic rings. The highest BCUT2D eigenvalue weighted by molar-refractivity contribution is 4.96. The van der Waals surface area contributed by atoms with Gasteiger partial charge in [0.25, 0.3) is 0 Å². The van der Waals surface area contributed by atoms with E-state index in [9.17, 15) is 0 Å². The topological polar surface area (TPSA) is 32.3 Å². The Morgan fingerprint density at radius 2 is 2.20 bits per heavy atom. The smallest absolute Gasteiger partial charge is 0.0556 e. The summed E-state index contributed by atoms with van der Waals surface area (Å²) in [6.07, 6.45) is 2.68. The molecule has 1 aliphatic carbocycles. The van der Waals surface area contributed by atoms with Crippen LogP contribution in [0.15, 0.2) is 0 Å². The summed E-state index contributed by atoms with van der Waals surface area (Å²) in [5.41, 5.74) is 0.537. The van der Waals surface area contributed by atoms with Gasteiger partial charge in [-0.25, -0.2) is 0 Å². The van der Waals surface area contributed by atoms with Gasteiger partial charge in [0.05, 0.1) is 6.61 Å². The zero-order chi connectivity index (χ0) is 7.61. The van der Waals surface area contributed by atoms with Crippen LogP contribution < -0.4 is 5.32 Å². The third kappa shape index (κ3) is 1.70. The largest absolute Gasteiger partial charge is 0.395 e. The Bertz CT molecular complexity index is 110. The summed E-state index contributed by atoms with van der Waals surface area (Å²) in [6, 6.07) is 0.569. The minimum atomic E-state index is 0.250. The minimum absolute atomic E-state index is 0.250. The first-order valence-electron chi connectivity index (χ1n) is 4.03. The number of rotatable bonds is 4. The molecule has 0 aromatic heterocycles. The zero-order valence-corrected chi connectivity index (χ0v) is 6.85. The molecule has 0 aromatic carbocycles. The maximum Gasteiger partial charge on any atom is 0.0556 e. The van der Waals surface area contributed by atoms with Crippen LogP contribution in [0, 0.1) is 5.41 Å². The van der Waals surface area contributed by atoms with E-state index in [2.05, 4.69) is 19.2 Å². The van der Waals surface area contributed by atoms with E-state index in [-0.39, 0.29) is 6.61 Å². The number of nitrogens with one attached hydrogen (secondary N) is 1. The molecule has 2 N–H and O–H groups in total. The first kappa shape index (κ1) is 8.02. The van der Waals surface area contributed by atoms with Crippen LogP contribution in [0.2, 0.25) is 0 Å². The molecular formula is C8H17NO. The van der Waals surface area contributed by atoms with Crippen molar-refractivity contribution in [1.82, 2.24) is 5.32 Å². The summed E-state index contributed by atoms with van der Waals surface area (Å²) in [5, 5.41) is 11.8. The molecule has 1 fully saturated rings. The lowest BCUT2D eigenvalue weighted by atomic mass is 10.0. The van der Waals surface area contributed by atoms with Crippen molar-refractivity contribution in [1.29, 1.82) is 0 Å². The van der Waals surface area contributed by atoms with E-state index in [1.54, 1.807) is 0 Å². The lowest BCUT2D eigenvalue weighted by molar-refractivity contribution is 0.271. The van der Waals surface area contributed by atoms with Crippen molar-refractivity contribution >= 4 is 0 Å². The van der Waals surface area contributed by atoms with Crippen LogP contribution in [0.3, 0.4) is 0 Å². The van der Waals surface area contributed by atoms with Gasteiger partial charge < -0.3 is 10.4 Å². The summed E-state index contributed by atoms with van der Waals surface area (Å²) < 4.78 is 0. The predicted molar refractivity (Wildman–Crippen MR) is 41.9 cm³/mol. The predicted octanol–water partition coefficient (Wildman–Crippen LogP) is 0.757. The molecule has 10 heavy (non-hydrogen) atoms. The Labute approximate surface area is 62.6 Å². The lowest BCUT2D eigenvalue weighted by Gasteiger charge is -2.19. The van der Waals surface area contributed by atoms with Crippen molar-refractivity contribution in [3.05, 3.63) is 0 Å². The standard InChI is InChI=1S/C8H17NO/c1-7(9-5-6-10)8(2)3-4-8/h7,9-10H,3-6H2,1-2H3. The maximum absolute atomic E-state index is 8.54. The molecule has 2 heteroatoms. The Morgan fingerprint density at radius 3 is 2.60 bits per heavy atom. The van der Waals surface area contributed by atoms with Crippen molar-refractivity contribution in [3.8, 4) is 0 Å². The summed E-state index contributed by atoms with van der Waals surface area (Å²) in [7, 11) is 0. The van der Waals surface area contributed by atoms with Crippen LogP contribution in [-0.4, -0.2) is 24.3 Å². The van der Waals surface area contributed by atoms with Crippen molar-refractivity contribution in [2.75, 3.05) is 13.2 Å². The molecule has 0 radical (unpaired) electrons. The second kappa shape index (κ2) is 2.89. The summed E-state index contributed by atoms with van der Waals surface area (Å²) in [4.78, 5) is 0. The fourth-order valence-corrected chi connectivity index (χ4v) is 1.16. The van der Waals surface area contributed by atoms with Crippen LogP contribution in [0.5, 0.6) is 0 Å². The number of hydrogen-bond acceptors (Lipinski definition) is 2. The fraction of sp³-hybridized carbons (Fsp3) is 1.00. The molecule has 1 saturated carbocycles. The molecule has 0 aliphatic heterocycles. The van der Waals surface area contributed by atoms with Crippen LogP contribution in [0.4, 0.5) is 0 Å². The average Bonchev–Trinajstić information content (AvgIpc) is 2.64. The van der Waals surface area contributed by atoms with E-state index in [1.807, 2.05) is 0 Å². The van der Waals surface area contributed by atoms with Crippen LogP contribution in [0.1, 0.15) is 26.7 Å². The second-order valence-electron chi connectivity index (χ2n) is 3.55. The Hall–Kier alpha value is -0.0800. The Kier molecular flexibility index (Phi) is 2.32. The molecule has 0 heterocycles. The van der Waals surface area contributed by atoms with E-state index >= 15 is 0 Å². The van der Waals surface area contributed by atoms with Gasteiger partial charge in [0, 0.05) is 12.6 Å². The molecule has 1 rings (SSSR count). The molecular weight excluding hydrogens is 126 g/mol. The SMILES string of the molecule is CC(NCCO)C1(C)CC1. The Balaban J connectivity index is 2.15. The van der Waals surface area contributed by atoms with Crippen molar-refractivity contribution in [3.63, 3.8) is 0 Å². The van der Waals surface area contributed by atoms with Gasteiger partial charge in [-0.2, -0.15) is 0 Å². The van der Waals surface area contributed by atoms with Gasteiger partial charge in [-0.3, -0.25) is 0 Å². The molecule has 0 saturated heterocycles. The molecule has 1 atom stereocenters. The quantitative estimate of drug-likeness (QED) is 0.609. The molecule has 0 bridgehead atoms. The van der Waals surface area contributed by atoms with Gasteiger partial charge in [0.2, 0.25) is 0 Å².